The summed E-state index contributed by atoms with van der Waals surface area (Å²) in [5.74, 6) is -0.0399. The molecule has 0 aromatic heterocycles. The van der Waals surface area contributed by atoms with Gasteiger partial charge in [0.2, 0.25) is 5.96 Å². The van der Waals surface area contributed by atoms with Crippen molar-refractivity contribution in [1.82, 2.24) is 0 Å². The maximum Gasteiger partial charge on any atom is 0.211 e. The van der Waals surface area contributed by atoms with Gasteiger partial charge in [-0.3, -0.25) is 0 Å². The molecule has 3 rings (SSSR count). The van der Waals surface area contributed by atoms with Gasteiger partial charge in [-0.1, -0.05) is 42.5 Å². The van der Waals surface area contributed by atoms with Crippen LogP contribution in [0, 0.1) is 0 Å². The van der Waals surface area contributed by atoms with Crippen molar-refractivity contribution < 1.29 is 0 Å². The van der Waals surface area contributed by atoms with Crippen molar-refractivity contribution in [1.29, 1.82) is 0 Å². The topological polar surface area (TPSA) is 76.8 Å². The summed E-state index contributed by atoms with van der Waals surface area (Å²) in [5.41, 5.74) is 13.6. The lowest BCUT2D eigenvalue weighted by Crippen LogP contribution is -2.22. The van der Waals surface area contributed by atoms with Gasteiger partial charge in [-0.05, 0) is 22.4 Å². The van der Waals surface area contributed by atoms with E-state index < -0.39 is 0 Å². The maximum atomic E-state index is 5.30. The largest absolute Gasteiger partial charge is 0.369 e. The number of benzene rings is 2. The SMILES string of the molecule is NC(N)=N/N=C1/C=Cc2cccc3cccc1c23. The van der Waals surface area contributed by atoms with Crippen molar-refractivity contribution in [3.05, 3.63) is 53.6 Å². The fourth-order valence-corrected chi connectivity index (χ4v) is 2.18. The molecule has 0 amide bonds. The highest BCUT2D eigenvalue weighted by molar-refractivity contribution is 6.22. The van der Waals surface area contributed by atoms with Crippen LogP contribution in [0.4, 0.5) is 0 Å². The van der Waals surface area contributed by atoms with E-state index in [0.29, 0.717) is 0 Å². The molecule has 0 bridgehead atoms. The first-order valence-corrected chi connectivity index (χ1v) is 5.62. The normalized spacial score (nSPS) is 15.0. The third-order valence-corrected chi connectivity index (χ3v) is 2.91. The second kappa shape index (κ2) is 4.00. The van der Waals surface area contributed by atoms with Gasteiger partial charge in [0.05, 0.1) is 5.71 Å². The zero-order valence-corrected chi connectivity index (χ0v) is 9.67. The summed E-state index contributed by atoms with van der Waals surface area (Å²) in [7, 11) is 0. The van der Waals surface area contributed by atoms with Gasteiger partial charge in [-0.2, -0.15) is 0 Å². The van der Waals surface area contributed by atoms with E-state index in [1.807, 2.05) is 30.4 Å². The second-order valence-electron chi connectivity index (χ2n) is 4.09. The molecule has 0 radical (unpaired) electrons. The number of nitrogens with zero attached hydrogens (tertiary/aromatic N) is 2. The minimum atomic E-state index is -0.0399. The average Bonchev–Trinajstić information content (AvgIpc) is 2.38. The lowest BCUT2D eigenvalue weighted by atomic mass is 9.92. The summed E-state index contributed by atoms with van der Waals surface area (Å²) in [6.45, 7) is 0. The Bertz CT molecular complexity index is 702. The van der Waals surface area contributed by atoms with Crippen molar-refractivity contribution >= 4 is 28.5 Å². The molecule has 4 N–H and O–H groups in total. The first-order valence-electron chi connectivity index (χ1n) is 5.62. The molecule has 0 saturated carbocycles. The van der Waals surface area contributed by atoms with Crippen molar-refractivity contribution in [3.63, 3.8) is 0 Å². The summed E-state index contributed by atoms with van der Waals surface area (Å²) in [4.78, 5) is 0. The molecule has 0 heterocycles. The van der Waals surface area contributed by atoms with Gasteiger partial charge >= 0.3 is 0 Å². The zero-order chi connectivity index (χ0) is 12.5. The summed E-state index contributed by atoms with van der Waals surface area (Å²) in [6, 6.07) is 12.3. The Labute approximate surface area is 104 Å². The summed E-state index contributed by atoms with van der Waals surface area (Å²) in [6.07, 6.45) is 3.94. The van der Waals surface area contributed by atoms with Crippen molar-refractivity contribution in [2.75, 3.05) is 0 Å². The molecule has 2 aromatic carbocycles. The number of hydrogen-bond acceptors (Lipinski definition) is 2. The monoisotopic (exact) mass is 236 g/mol. The van der Waals surface area contributed by atoms with Crippen LogP contribution in [-0.4, -0.2) is 11.7 Å². The molecule has 88 valence electrons. The van der Waals surface area contributed by atoms with Crippen LogP contribution in [-0.2, 0) is 0 Å². The highest BCUT2D eigenvalue weighted by atomic mass is 15.3. The van der Waals surface area contributed by atoms with E-state index in [0.717, 1.165) is 11.3 Å². The van der Waals surface area contributed by atoms with Crippen LogP contribution in [0.3, 0.4) is 0 Å². The van der Waals surface area contributed by atoms with Gasteiger partial charge in [0.15, 0.2) is 0 Å². The fraction of sp³-hybridized carbons (Fsp3) is 0. The number of allylic oxidation sites excluding steroid dienone is 1. The predicted molar refractivity (Wildman–Crippen MR) is 75.3 cm³/mol. The fourth-order valence-electron chi connectivity index (χ4n) is 2.18. The van der Waals surface area contributed by atoms with E-state index in [9.17, 15) is 0 Å². The van der Waals surface area contributed by atoms with Crippen molar-refractivity contribution in [2.45, 2.75) is 0 Å². The van der Waals surface area contributed by atoms with Gasteiger partial charge in [0.25, 0.3) is 0 Å². The van der Waals surface area contributed by atoms with Gasteiger partial charge < -0.3 is 11.5 Å². The zero-order valence-electron chi connectivity index (χ0n) is 9.67. The first kappa shape index (κ1) is 10.5. The minimum Gasteiger partial charge on any atom is -0.369 e. The van der Waals surface area contributed by atoms with Crippen LogP contribution in [0.5, 0.6) is 0 Å². The maximum absolute atomic E-state index is 5.30. The Morgan fingerprint density at radius 3 is 2.50 bits per heavy atom. The molecule has 4 heteroatoms. The van der Waals surface area contributed by atoms with Crippen LogP contribution in [0.15, 0.2) is 52.7 Å². The van der Waals surface area contributed by atoms with Crippen LogP contribution in [0.1, 0.15) is 11.1 Å². The van der Waals surface area contributed by atoms with Gasteiger partial charge in [0, 0.05) is 5.56 Å². The predicted octanol–water partition coefficient (Wildman–Crippen LogP) is 1.84. The van der Waals surface area contributed by atoms with Crippen LogP contribution < -0.4 is 11.5 Å². The second-order valence-corrected chi connectivity index (χ2v) is 4.09. The third kappa shape index (κ3) is 1.64. The van der Waals surface area contributed by atoms with Gasteiger partial charge in [-0.25, -0.2) is 0 Å². The van der Waals surface area contributed by atoms with E-state index in [4.69, 9.17) is 11.5 Å². The number of hydrogen-bond donors (Lipinski definition) is 2. The minimum absolute atomic E-state index is 0.0399. The molecule has 0 atom stereocenters. The Kier molecular flexibility index (Phi) is 2.34. The third-order valence-electron chi connectivity index (χ3n) is 2.91. The molecule has 0 saturated heterocycles. The van der Waals surface area contributed by atoms with Crippen LogP contribution in [0.2, 0.25) is 0 Å². The molecule has 2 aromatic rings. The van der Waals surface area contributed by atoms with E-state index in [2.05, 4.69) is 28.4 Å². The standard InChI is InChI=1S/C14H12N4/c15-14(16)18-17-12-8-7-10-4-1-3-9-5-2-6-11(12)13(9)10/h1-8H,(H4,15,16,18)/b17-12-. The summed E-state index contributed by atoms with van der Waals surface area (Å²) >= 11 is 0. The van der Waals surface area contributed by atoms with Crippen LogP contribution in [0.25, 0.3) is 16.8 Å². The molecule has 0 unspecified atom stereocenters. The lowest BCUT2D eigenvalue weighted by molar-refractivity contribution is 1.20. The quantitative estimate of drug-likeness (QED) is 0.450. The molecule has 18 heavy (non-hydrogen) atoms. The Morgan fingerprint density at radius 2 is 1.72 bits per heavy atom. The Balaban J connectivity index is 2.28. The molecule has 0 aliphatic heterocycles. The van der Waals surface area contributed by atoms with Crippen molar-refractivity contribution in [3.8, 4) is 0 Å². The average molecular weight is 236 g/mol. The molecule has 0 spiro atoms. The molecule has 0 fully saturated rings. The van der Waals surface area contributed by atoms with Crippen LogP contribution >= 0.6 is 0 Å². The molecule has 1 aliphatic carbocycles. The Hall–Kier alpha value is -2.62. The molecule has 4 nitrogen and oxygen atoms in total. The van der Waals surface area contributed by atoms with Crippen molar-refractivity contribution in [2.24, 2.45) is 21.7 Å². The smallest absolute Gasteiger partial charge is 0.211 e. The first-order chi connectivity index (χ1) is 8.75. The van der Waals surface area contributed by atoms with E-state index in [1.54, 1.807) is 0 Å². The number of rotatable bonds is 1. The number of nitrogens with two attached hydrogens (primary N) is 2. The van der Waals surface area contributed by atoms with Gasteiger partial charge in [0.1, 0.15) is 0 Å². The van der Waals surface area contributed by atoms with E-state index in [1.165, 1.54) is 16.3 Å². The summed E-state index contributed by atoms with van der Waals surface area (Å²) in [5, 5.41) is 10.2. The highest BCUT2D eigenvalue weighted by Gasteiger charge is 2.12. The lowest BCUT2D eigenvalue weighted by Gasteiger charge is -2.13. The highest BCUT2D eigenvalue weighted by Crippen LogP contribution is 2.28. The van der Waals surface area contributed by atoms with E-state index >= 15 is 0 Å². The van der Waals surface area contributed by atoms with E-state index in [-0.39, 0.29) is 5.96 Å². The Morgan fingerprint density at radius 1 is 0.944 bits per heavy atom. The van der Waals surface area contributed by atoms with Gasteiger partial charge in [-0.15, -0.1) is 10.2 Å². The molecular weight excluding hydrogens is 224 g/mol. The molecule has 1 aliphatic rings. The number of guanidine groups is 1. The molecular formula is C14H12N4. The summed E-state index contributed by atoms with van der Waals surface area (Å²) < 4.78 is 0.